The number of rotatable bonds is 3. The van der Waals surface area contributed by atoms with Crippen molar-refractivity contribution in [3.8, 4) is 33.4 Å². The van der Waals surface area contributed by atoms with Gasteiger partial charge in [0.1, 0.15) is 0 Å². The van der Waals surface area contributed by atoms with Gasteiger partial charge in [-0.25, -0.2) is 0 Å². The first-order valence-electron chi connectivity index (χ1n) is 17.3. The molecule has 1 nitrogen and oxygen atoms in total. The van der Waals surface area contributed by atoms with E-state index in [1.165, 1.54) is 88.0 Å². The summed E-state index contributed by atoms with van der Waals surface area (Å²) < 4.78 is 0. The number of benzene rings is 5. The quantitative estimate of drug-likeness (QED) is 0.204. The summed E-state index contributed by atoms with van der Waals surface area (Å²) in [5.74, 6) is 3.47. The second-order valence-corrected chi connectivity index (χ2v) is 15.4. The highest BCUT2D eigenvalue weighted by atomic mass is 15.1. The van der Waals surface area contributed by atoms with E-state index in [0.717, 1.165) is 23.7 Å². The number of nitrogens with zero attached hydrogens (tertiary/aromatic N) is 1. The minimum Gasteiger partial charge on any atom is -0.344 e. The highest BCUT2D eigenvalue weighted by Crippen LogP contribution is 2.70. The molecule has 6 aliphatic rings. The predicted octanol–water partition coefficient (Wildman–Crippen LogP) is 11.2. The van der Waals surface area contributed by atoms with E-state index >= 15 is 0 Å². The monoisotopic (exact) mass is 583 g/mol. The van der Waals surface area contributed by atoms with Crippen LogP contribution in [-0.2, 0) is 10.8 Å². The molecule has 6 aliphatic carbocycles. The molecule has 0 amide bonds. The molecule has 1 spiro atoms. The Morgan fingerprint density at radius 3 is 1.84 bits per heavy atom. The van der Waals surface area contributed by atoms with Crippen LogP contribution in [0.5, 0.6) is 0 Å². The van der Waals surface area contributed by atoms with Crippen molar-refractivity contribution < 1.29 is 0 Å². The fourth-order valence-corrected chi connectivity index (χ4v) is 11.5. The second kappa shape index (κ2) is 9.00. The molecule has 45 heavy (non-hydrogen) atoms. The van der Waals surface area contributed by atoms with E-state index in [-0.39, 0.29) is 10.8 Å². The van der Waals surface area contributed by atoms with E-state index in [1.54, 1.807) is 11.1 Å². The molecule has 0 aliphatic heterocycles. The van der Waals surface area contributed by atoms with Crippen LogP contribution in [0.15, 0.2) is 109 Å². The van der Waals surface area contributed by atoms with Crippen LogP contribution in [0.4, 0.5) is 11.4 Å². The van der Waals surface area contributed by atoms with Gasteiger partial charge in [0, 0.05) is 34.8 Å². The highest BCUT2D eigenvalue weighted by Gasteiger charge is 2.61. The van der Waals surface area contributed by atoms with Crippen molar-refractivity contribution in [2.45, 2.75) is 56.8 Å². The number of fused-ring (bicyclic) bond motifs is 6. The molecular weight excluding hydrogens is 542 g/mol. The minimum absolute atomic E-state index is 0.0147. The molecule has 5 aromatic rings. The molecule has 1 heteroatoms. The lowest BCUT2D eigenvalue weighted by Gasteiger charge is -2.61. The van der Waals surface area contributed by atoms with Crippen molar-refractivity contribution in [2.24, 2.45) is 23.7 Å². The maximum absolute atomic E-state index is 2.52. The fraction of sp³-hybridized carbons (Fsp3) is 0.318. The Balaban J connectivity index is 1.13. The van der Waals surface area contributed by atoms with Crippen LogP contribution in [0.3, 0.4) is 0 Å². The van der Waals surface area contributed by atoms with E-state index < -0.39 is 0 Å². The topological polar surface area (TPSA) is 3.24 Å². The number of hydrogen-bond donors (Lipinski definition) is 0. The van der Waals surface area contributed by atoms with Crippen LogP contribution in [0, 0.1) is 23.7 Å². The number of hydrogen-bond acceptors (Lipinski definition) is 1. The molecule has 0 atom stereocenters. The lowest BCUT2D eigenvalue weighted by molar-refractivity contribution is -0.0399. The molecule has 4 bridgehead atoms. The summed E-state index contributed by atoms with van der Waals surface area (Å²) >= 11 is 0. The maximum atomic E-state index is 2.52. The van der Waals surface area contributed by atoms with Crippen LogP contribution in [0.2, 0.25) is 0 Å². The zero-order valence-corrected chi connectivity index (χ0v) is 26.7. The average molecular weight is 584 g/mol. The largest absolute Gasteiger partial charge is 0.344 e. The maximum Gasteiger partial charge on any atom is 0.0487 e. The van der Waals surface area contributed by atoms with Gasteiger partial charge in [-0.3, -0.25) is 0 Å². The average Bonchev–Trinajstić information content (AvgIpc) is 3.49. The summed E-state index contributed by atoms with van der Waals surface area (Å²) in [5, 5.41) is 0. The third-order valence-corrected chi connectivity index (χ3v) is 13.1. The minimum atomic E-state index is -0.0147. The van der Waals surface area contributed by atoms with Crippen LogP contribution in [0.1, 0.15) is 68.2 Å². The van der Waals surface area contributed by atoms with Crippen molar-refractivity contribution in [2.75, 3.05) is 11.9 Å². The first-order chi connectivity index (χ1) is 22.0. The molecule has 5 aromatic carbocycles. The molecule has 222 valence electrons. The van der Waals surface area contributed by atoms with Gasteiger partial charge in [0.25, 0.3) is 0 Å². The van der Waals surface area contributed by atoms with E-state index in [1.807, 2.05) is 0 Å². The smallest absolute Gasteiger partial charge is 0.0487 e. The van der Waals surface area contributed by atoms with Gasteiger partial charge < -0.3 is 4.90 Å². The molecule has 0 N–H and O–H groups in total. The van der Waals surface area contributed by atoms with Gasteiger partial charge in [0.05, 0.1) is 0 Å². The Labute approximate surface area is 267 Å². The van der Waals surface area contributed by atoms with Gasteiger partial charge >= 0.3 is 0 Å². The Bertz CT molecular complexity index is 2000. The fourth-order valence-electron chi connectivity index (χ4n) is 11.5. The molecule has 11 rings (SSSR count). The van der Waals surface area contributed by atoms with Crippen LogP contribution in [-0.4, -0.2) is 7.05 Å². The van der Waals surface area contributed by atoms with Gasteiger partial charge in [-0.2, -0.15) is 0 Å². The van der Waals surface area contributed by atoms with Gasteiger partial charge in [0.15, 0.2) is 0 Å². The third-order valence-electron chi connectivity index (χ3n) is 13.1. The van der Waals surface area contributed by atoms with Crippen molar-refractivity contribution in [3.05, 3.63) is 131 Å². The highest BCUT2D eigenvalue weighted by molar-refractivity contribution is 5.97. The summed E-state index contributed by atoms with van der Waals surface area (Å²) in [6.07, 6.45) is 7.17. The second-order valence-electron chi connectivity index (χ2n) is 15.4. The van der Waals surface area contributed by atoms with Crippen LogP contribution < -0.4 is 4.90 Å². The molecule has 0 heterocycles. The van der Waals surface area contributed by atoms with Crippen molar-refractivity contribution in [1.29, 1.82) is 0 Å². The zero-order chi connectivity index (χ0) is 30.1. The van der Waals surface area contributed by atoms with Crippen molar-refractivity contribution in [1.82, 2.24) is 0 Å². The summed E-state index contributed by atoms with van der Waals surface area (Å²) in [4.78, 5) is 2.42. The van der Waals surface area contributed by atoms with Gasteiger partial charge in [-0.05, 0) is 124 Å². The van der Waals surface area contributed by atoms with Gasteiger partial charge in [-0.15, -0.1) is 0 Å². The molecule has 0 radical (unpaired) electrons. The summed E-state index contributed by atoms with van der Waals surface area (Å²) in [5.41, 5.74) is 17.3. The normalized spacial score (nSPS) is 27.3. The van der Waals surface area contributed by atoms with Crippen molar-refractivity contribution in [3.63, 3.8) is 0 Å². The van der Waals surface area contributed by atoms with E-state index in [9.17, 15) is 0 Å². The predicted molar refractivity (Wildman–Crippen MR) is 187 cm³/mol. The van der Waals surface area contributed by atoms with E-state index in [4.69, 9.17) is 0 Å². The Morgan fingerprint density at radius 1 is 0.511 bits per heavy atom. The number of anilines is 2. The van der Waals surface area contributed by atoms with Gasteiger partial charge in [-0.1, -0.05) is 105 Å². The molecule has 4 fully saturated rings. The molecule has 0 unspecified atom stereocenters. The zero-order valence-electron chi connectivity index (χ0n) is 26.7. The SMILES string of the molecule is CN(c1ccc2c(c1)C(C)(C)c1ccccc1-2)c1ccccc1-c1cccc2c1-c1ccccc1C21C2CC3CC(C2)CC1C3. The molecule has 0 saturated heterocycles. The Hall–Kier alpha value is -4.10. The van der Waals surface area contributed by atoms with E-state index in [0.29, 0.717) is 0 Å². The van der Waals surface area contributed by atoms with Crippen LogP contribution in [0.25, 0.3) is 33.4 Å². The first kappa shape index (κ1) is 26.1. The first-order valence-corrected chi connectivity index (χ1v) is 17.3. The molecule has 4 saturated carbocycles. The van der Waals surface area contributed by atoms with Gasteiger partial charge in [0.2, 0.25) is 0 Å². The third kappa shape index (κ3) is 3.29. The standard InChI is InChI=1S/C44H41N/c1-43(2)37-15-7-4-11-32(37)33-20-19-31(26-40(33)43)45(3)41-18-9-6-12-34(41)35-14-10-17-39-42(35)36-13-5-8-16-38(36)44(39)29-22-27-21-28(24-29)25-30(44)23-27/h4-20,26-30H,21-25H2,1-3H3. The Morgan fingerprint density at radius 2 is 1.09 bits per heavy atom. The number of para-hydroxylation sites is 1. The Kier molecular flexibility index (Phi) is 5.23. The lowest BCUT2D eigenvalue weighted by Crippen LogP contribution is -2.55. The molecular formula is C44H41N. The van der Waals surface area contributed by atoms with Crippen LogP contribution >= 0.6 is 0 Å². The summed E-state index contributed by atoms with van der Waals surface area (Å²) in [6, 6.07) is 42.0. The summed E-state index contributed by atoms with van der Waals surface area (Å²) in [7, 11) is 2.26. The molecule has 0 aromatic heterocycles. The summed E-state index contributed by atoms with van der Waals surface area (Å²) in [6.45, 7) is 4.75. The van der Waals surface area contributed by atoms with Crippen molar-refractivity contribution >= 4 is 11.4 Å². The van der Waals surface area contributed by atoms with E-state index in [2.05, 4.69) is 135 Å². The lowest BCUT2D eigenvalue weighted by atomic mass is 9.43.